The number of hydrogen-bond acceptors (Lipinski definition) is 5. The molecule has 0 aliphatic rings. The topological polar surface area (TPSA) is 72.7 Å². The van der Waals surface area contributed by atoms with Crippen LogP contribution in [0.25, 0.3) is 5.82 Å². The predicted molar refractivity (Wildman–Crippen MR) is 97.6 cm³/mol. The van der Waals surface area contributed by atoms with Gasteiger partial charge in [-0.05, 0) is 25.5 Å². The molecule has 2 heterocycles. The van der Waals surface area contributed by atoms with Gasteiger partial charge in [0.2, 0.25) is 5.91 Å². The Morgan fingerprint density at radius 1 is 1.16 bits per heavy atom. The van der Waals surface area contributed by atoms with Crippen molar-refractivity contribution in [1.29, 1.82) is 0 Å². The first kappa shape index (κ1) is 17.2. The molecule has 7 heteroatoms. The second-order valence-corrected chi connectivity index (χ2v) is 6.60. The first-order valence-corrected chi connectivity index (χ1v) is 8.89. The zero-order valence-electron chi connectivity index (χ0n) is 14.1. The molecule has 0 unspecified atom stereocenters. The summed E-state index contributed by atoms with van der Waals surface area (Å²) in [6.07, 6.45) is 1.50. The van der Waals surface area contributed by atoms with E-state index in [9.17, 15) is 4.79 Å². The van der Waals surface area contributed by atoms with Crippen molar-refractivity contribution in [2.75, 3.05) is 5.75 Å². The van der Waals surface area contributed by atoms with E-state index in [0.29, 0.717) is 18.1 Å². The maximum Gasteiger partial charge on any atom is 0.230 e. The molecule has 2 aromatic heterocycles. The molecule has 0 bridgehead atoms. The fourth-order valence-corrected chi connectivity index (χ4v) is 3.06. The largest absolute Gasteiger partial charge is 0.351 e. The third-order valence-corrected chi connectivity index (χ3v) is 4.46. The van der Waals surface area contributed by atoms with Crippen LogP contribution in [0.5, 0.6) is 0 Å². The van der Waals surface area contributed by atoms with Crippen molar-refractivity contribution in [3.63, 3.8) is 0 Å². The van der Waals surface area contributed by atoms with Gasteiger partial charge in [0.1, 0.15) is 11.4 Å². The van der Waals surface area contributed by atoms with E-state index in [1.807, 2.05) is 56.3 Å². The zero-order chi connectivity index (χ0) is 17.6. The van der Waals surface area contributed by atoms with Crippen LogP contribution in [0.4, 0.5) is 0 Å². The third kappa shape index (κ3) is 4.67. The molecule has 0 fully saturated rings. The van der Waals surface area contributed by atoms with Crippen LogP contribution < -0.4 is 5.32 Å². The van der Waals surface area contributed by atoms with E-state index < -0.39 is 0 Å². The molecular formula is C18H19N5OS. The van der Waals surface area contributed by atoms with Crippen molar-refractivity contribution < 1.29 is 4.79 Å². The number of aromatic nitrogens is 4. The summed E-state index contributed by atoms with van der Waals surface area (Å²) in [6.45, 7) is 4.45. The normalized spacial score (nSPS) is 10.6. The van der Waals surface area contributed by atoms with Crippen LogP contribution in [0.3, 0.4) is 0 Å². The average molecular weight is 353 g/mol. The van der Waals surface area contributed by atoms with Crippen LogP contribution in [0.2, 0.25) is 0 Å². The molecule has 1 aromatic carbocycles. The number of thioether (sulfide) groups is 1. The number of carbonyl (C=O) groups excluding carboxylic acids is 1. The van der Waals surface area contributed by atoms with E-state index >= 15 is 0 Å². The molecular weight excluding hydrogens is 334 g/mol. The molecule has 0 atom stereocenters. The fourth-order valence-electron chi connectivity index (χ4n) is 2.37. The highest BCUT2D eigenvalue weighted by Gasteiger charge is 2.08. The molecule has 6 nitrogen and oxygen atoms in total. The minimum atomic E-state index is -0.0277. The van der Waals surface area contributed by atoms with Gasteiger partial charge in [-0.15, -0.1) is 0 Å². The van der Waals surface area contributed by atoms with Gasteiger partial charge in [0.25, 0.3) is 0 Å². The number of hydrogen-bond donors (Lipinski definition) is 1. The number of carbonyl (C=O) groups is 1. The second kappa shape index (κ2) is 7.94. The SMILES string of the molecule is Cc1cc(C)n(-c2cc(SCC(=O)NCc3ccccc3)ncn2)n1. The van der Waals surface area contributed by atoms with E-state index in [4.69, 9.17) is 0 Å². The third-order valence-electron chi connectivity index (χ3n) is 3.54. The van der Waals surface area contributed by atoms with E-state index in [1.54, 1.807) is 4.68 Å². The lowest BCUT2D eigenvalue weighted by Gasteiger charge is -2.06. The minimum absolute atomic E-state index is 0.0277. The van der Waals surface area contributed by atoms with E-state index in [2.05, 4.69) is 20.4 Å². The minimum Gasteiger partial charge on any atom is -0.351 e. The molecule has 0 aliphatic carbocycles. The van der Waals surface area contributed by atoms with Crippen LogP contribution in [0.15, 0.2) is 53.8 Å². The molecule has 1 N–H and O–H groups in total. The molecule has 0 aliphatic heterocycles. The zero-order valence-corrected chi connectivity index (χ0v) is 15.0. The fraction of sp³-hybridized carbons (Fsp3) is 0.222. The van der Waals surface area contributed by atoms with Gasteiger partial charge in [0, 0.05) is 18.3 Å². The van der Waals surface area contributed by atoms with Crippen molar-refractivity contribution in [1.82, 2.24) is 25.1 Å². The van der Waals surface area contributed by atoms with E-state index in [1.165, 1.54) is 18.1 Å². The molecule has 0 radical (unpaired) electrons. The van der Waals surface area contributed by atoms with Gasteiger partial charge in [-0.2, -0.15) is 5.10 Å². The maximum absolute atomic E-state index is 12.0. The molecule has 0 saturated carbocycles. The van der Waals surface area contributed by atoms with Crippen molar-refractivity contribution in [2.45, 2.75) is 25.4 Å². The van der Waals surface area contributed by atoms with Gasteiger partial charge in [0.05, 0.1) is 11.4 Å². The Hall–Kier alpha value is -2.67. The number of amides is 1. The maximum atomic E-state index is 12.0. The number of aryl methyl sites for hydroxylation is 2. The van der Waals surface area contributed by atoms with Crippen LogP contribution in [0, 0.1) is 13.8 Å². The number of benzene rings is 1. The second-order valence-electron chi connectivity index (χ2n) is 5.60. The Bertz CT molecular complexity index is 863. The van der Waals surface area contributed by atoms with Gasteiger partial charge in [0.15, 0.2) is 5.82 Å². The Balaban J connectivity index is 1.57. The summed E-state index contributed by atoms with van der Waals surface area (Å²) < 4.78 is 1.77. The van der Waals surface area contributed by atoms with Gasteiger partial charge < -0.3 is 5.32 Å². The van der Waals surface area contributed by atoms with Crippen molar-refractivity contribution >= 4 is 17.7 Å². The lowest BCUT2D eigenvalue weighted by atomic mass is 10.2. The molecule has 25 heavy (non-hydrogen) atoms. The van der Waals surface area contributed by atoms with Crippen molar-refractivity contribution in [2.24, 2.45) is 0 Å². The summed E-state index contributed by atoms with van der Waals surface area (Å²) >= 11 is 1.38. The molecule has 0 saturated heterocycles. The molecule has 3 aromatic rings. The predicted octanol–water partition coefficient (Wildman–Crippen LogP) is 2.69. The summed E-state index contributed by atoms with van der Waals surface area (Å²) in [4.78, 5) is 20.5. The number of nitrogens with one attached hydrogen (secondary N) is 1. The summed E-state index contributed by atoms with van der Waals surface area (Å²) in [7, 11) is 0. The monoisotopic (exact) mass is 353 g/mol. The highest BCUT2D eigenvalue weighted by molar-refractivity contribution is 7.99. The summed E-state index contributed by atoms with van der Waals surface area (Å²) in [5, 5.41) is 8.07. The average Bonchev–Trinajstić information content (AvgIpc) is 2.97. The van der Waals surface area contributed by atoms with Gasteiger partial charge in [-0.1, -0.05) is 42.1 Å². The van der Waals surface area contributed by atoms with Crippen LogP contribution in [-0.2, 0) is 11.3 Å². The summed E-state index contributed by atoms with van der Waals surface area (Å²) in [5.41, 5.74) is 3.02. The van der Waals surface area contributed by atoms with Crippen LogP contribution in [-0.4, -0.2) is 31.4 Å². The van der Waals surface area contributed by atoms with Gasteiger partial charge >= 0.3 is 0 Å². The smallest absolute Gasteiger partial charge is 0.230 e. The molecule has 128 valence electrons. The Morgan fingerprint density at radius 3 is 2.68 bits per heavy atom. The Labute approximate surface area is 150 Å². The van der Waals surface area contributed by atoms with E-state index in [0.717, 1.165) is 22.0 Å². The summed E-state index contributed by atoms with van der Waals surface area (Å²) in [5.74, 6) is 0.980. The molecule has 0 spiro atoms. The Kier molecular flexibility index (Phi) is 5.45. The number of rotatable bonds is 6. The first-order chi connectivity index (χ1) is 12.1. The van der Waals surface area contributed by atoms with Crippen molar-refractivity contribution in [3.8, 4) is 5.82 Å². The van der Waals surface area contributed by atoms with Crippen LogP contribution in [0.1, 0.15) is 17.0 Å². The lowest BCUT2D eigenvalue weighted by Crippen LogP contribution is -2.24. The highest BCUT2D eigenvalue weighted by atomic mass is 32.2. The molecule has 3 rings (SSSR count). The Morgan fingerprint density at radius 2 is 1.96 bits per heavy atom. The highest BCUT2D eigenvalue weighted by Crippen LogP contribution is 2.17. The lowest BCUT2D eigenvalue weighted by molar-refractivity contribution is -0.118. The van der Waals surface area contributed by atoms with Gasteiger partial charge in [-0.3, -0.25) is 4.79 Å². The quantitative estimate of drug-likeness (QED) is 0.545. The standard InChI is InChI=1S/C18H19N5OS/c1-13-8-14(2)23(22-13)16-9-18(21-12-20-16)25-11-17(24)19-10-15-6-4-3-5-7-15/h3-9,12H,10-11H2,1-2H3,(H,19,24). The number of nitrogens with zero attached hydrogens (tertiary/aromatic N) is 4. The summed E-state index contributed by atoms with van der Waals surface area (Å²) in [6, 6.07) is 13.7. The van der Waals surface area contributed by atoms with Gasteiger partial charge in [-0.25, -0.2) is 14.6 Å². The van der Waals surface area contributed by atoms with Crippen molar-refractivity contribution in [3.05, 3.63) is 65.7 Å². The van der Waals surface area contributed by atoms with Crippen LogP contribution >= 0.6 is 11.8 Å². The van der Waals surface area contributed by atoms with E-state index in [-0.39, 0.29) is 5.91 Å². The molecule has 1 amide bonds. The first-order valence-electron chi connectivity index (χ1n) is 7.91.